The fourth-order valence-electron chi connectivity index (χ4n) is 1.76. The first kappa shape index (κ1) is 13.3. The molecule has 2 aromatic rings. The molecular weight excluding hydrogens is 238 g/mol. The van der Waals surface area contributed by atoms with Crippen LogP contribution >= 0.6 is 0 Å². The van der Waals surface area contributed by atoms with Gasteiger partial charge in [-0.15, -0.1) is 0 Å². The van der Waals surface area contributed by atoms with E-state index in [1.165, 1.54) is 0 Å². The van der Waals surface area contributed by atoms with Crippen LogP contribution < -0.4 is 10.5 Å². The summed E-state index contributed by atoms with van der Waals surface area (Å²) in [7, 11) is 0. The molecule has 0 saturated carbocycles. The van der Waals surface area contributed by atoms with E-state index in [9.17, 15) is 4.79 Å². The van der Waals surface area contributed by atoms with Gasteiger partial charge in [0.05, 0.1) is 0 Å². The molecule has 0 amide bonds. The molecule has 0 radical (unpaired) electrons. The SMILES string of the molecule is NCc1ccc(CCC(=O)Oc2ccccc2)cc1. The highest BCUT2D eigenvalue weighted by Gasteiger charge is 2.05. The highest BCUT2D eigenvalue weighted by Crippen LogP contribution is 2.11. The van der Waals surface area contributed by atoms with Crippen LogP contribution in [0, 0.1) is 0 Å². The monoisotopic (exact) mass is 255 g/mol. The number of rotatable bonds is 5. The lowest BCUT2D eigenvalue weighted by molar-refractivity contribution is -0.134. The summed E-state index contributed by atoms with van der Waals surface area (Å²) in [4.78, 5) is 11.7. The molecule has 3 nitrogen and oxygen atoms in total. The second-order valence-electron chi connectivity index (χ2n) is 4.31. The van der Waals surface area contributed by atoms with E-state index in [2.05, 4.69) is 0 Å². The second kappa shape index (κ2) is 6.71. The van der Waals surface area contributed by atoms with Crippen LogP contribution in [0.25, 0.3) is 0 Å². The topological polar surface area (TPSA) is 52.3 Å². The summed E-state index contributed by atoms with van der Waals surface area (Å²) in [6.07, 6.45) is 1.05. The lowest BCUT2D eigenvalue weighted by atomic mass is 10.1. The number of carbonyl (C=O) groups excluding carboxylic acids is 1. The van der Waals surface area contributed by atoms with Crippen LogP contribution in [-0.4, -0.2) is 5.97 Å². The Kier molecular flexibility index (Phi) is 4.70. The number of carbonyl (C=O) groups is 1. The van der Waals surface area contributed by atoms with Crippen molar-refractivity contribution in [2.24, 2.45) is 5.73 Å². The van der Waals surface area contributed by atoms with Gasteiger partial charge in [0.15, 0.2) is 0 Å². The van der Waals surface area contributed by atoms with Gasteiger partial charge in [-0.1, -0.05) is 42.5 Å². The van der Waals surface area contributed by atoms with Crippen molar-refractivity contribution in [3.63, 3.8) is 0 Å². The average molecular weight is 255 g/mol. The van der Waals surface area contributed by atoms with Gasteiger partial charge in [-0.25, -0.2) is 0 Å². The van der Waals surface area contributed by atoms with Crippen molar-refractivity contribution in [1.82, 2.24) is 0 Å². The van der Waals surface area contributed by atoms with E-state index in [1.54, 1.807) is 12.1 Å². The van der Waals surface area contributed by atoms with E-state index < -0.39 is 0 Å². The zero-order chi connectivity index (χ0) is 13.5. The normalized spacial score (nSPS) is 10.2. The quantitative estimate of drug-likeness (QED) is 0.660. The maximum Gasteiger partial charge on any atom is 0.311 e. The third-order valence-electron chi connectivity index (χ3n) is 2.85. The number of aryl methyl sites for hydroxylation is 1. The molecule has 0 aromatic heterocycles. The van der Waals surface area contributed by atoms with Crippen molar-refractivity contribution in [2.45, 2.75) is 19.4 Å². The Bertz CT molecular complexity index is 520. The van der Waals surface area contributed by atoms with Crippen LogP contribution in [0.3, 0.4) is 0 Å². The van der Waals surface area contributed by atoms with Crippen LogP contribution in [0.5, 0.6) is 5.75 Å². The van der Waals surface area contributed by atoms with Crippen LogP contribution in [0.2, 0.25) is 0 Å². The van der Waals surface area contributed by atoms with E-state index >= 15 is 0 Å². The van der Waals surface area contributed by atoms with E-state index in [1.807, 2.05) is 42.5 Å². The fourth-order valence-corrected chi connectivity index (χ4v) is 1.76. The minimum absolute atomic E-state index is 0.214. The third kappa shape index (κ3) is 4.23. The van der Waals surface area contributed by atoms with Crippen molar-refractivity contribution in [2.75, 3.05) is 0 Å². The van der Waals surface area contributed by atoms with Crippen molar-refractivity contribution in [3.8, 4) is 5.75 Å². The number of para-hydroxylation sites is 1. The number of benzene rings is 2. The minimum atomic E-state index is -0.214. The average Bonchev–Trinajstić information content (AvgIpc) is 2.47. The predicted octanol–water partition coefficient (Wildman–Crippen LogP) is 2.68. The summed E-state index contributed by atoms with van der Waals surface area (Å²) < 4.78 is 5.22. The van der Waals surface area contributed by atoms with Gasteiger partial charge >= 0.3 is 5.97 Å². The Morgan fingerprint density at radius 3 is 2.21 bits per heavy atom. The van der Waals surface area contributed by atoms with E-state index in [0.717, 1.165) is 11.1 Å². The molecule has 0 unspecified atom stereocenters. The molecule has 19 heavy (non-hydrogen) atoms. The molecule has 0 aliphatic heterocycles. The predicted molar refractivity (Wildman–Crippen MR) is 74.7 cm³/mol. The van der Waals surface area contributed by atoms with Gasteiger partial charge in [-0.2, -0.15) is 0 Å². The summed E-state index contributed by atoms with van der Waals surface area (Å²) in [6, 6.07) is 17.1. The number of nitrogens with two attached hydrogens (primary N) is 1. The smallest absolute Gasteiger partial charge is 0.311 e. The largest absolute Gasteiger partial charge is 0.427 e. The number of ether oxygens (including phenoxy) is 1. The van der Waals surface area contributed by atoms with Gasteiger partial charge in [-0.05, 0) is 29.7 Å². The maximum atomic E-state index is 11.7. The van der Waals surface area contributed by atoms with Crippen molar-refractivity contribution < 1.29 is 9.53 Å². The van der Waals surface area contributed by atoms with Crippen LogP contribution in [0.1, 0.15) is 17.5 Å². The summed E-state index contributed by atoms with van der Waals surface area (Å²) in [6.45, 7) is 0.538. The van der Waals surface area contributed by atoms with Gasteiger partial charge in [0.1, 0.15) is 5.75 Å². The van der Waals surface area contributed by atoms with E-state index in [4.69, 9.17) is 10.5 Å². The molecule has 0 heterocycles. The first-order valence-corrected chi connectivity index (χ1v) is 6.31. The van der Waals surface area contributed by atoms with Gasteiger partial charge in [0, 0.05) is 13.0 Å². The zero-order valence-electron chi connectivity index (χ0n) is 10.7. The Morgan fingerprint density at radius 1 is 0.947 bits per heavy atom. The molecular formula is C16H17NO2. The zero-order valence-corrected chi connectivity index (χ0v) is 10.7. The molecule has 2 rings (SSSR count). The Labute approximate surface area is 113 Å². The highest BCUT2D eigenvalue weighted by molar-refractivity contribution is 5.72. The van der Waals surface area contributed by atoms with Crippen LogP contribution in [0.4, 0.5) is 0 Å². The van der Waals surface area contributed by atoms with Crippen molar-refractivity contribution in [3.05, 3.63) is 65.7 Å². The molecule has 0 bridgehead atoms. The molecule has 2 aromatic carbocycles. The molecule has 0 fully saturated rings. The molecule has 3 heteroatoms. The Balaban J connectivity index is 1.83. The van der Waals surface area contributed by atoms with Crippen LogP contribution in [0.15, 0.2) is 54.6 Å². The molecule has 0 atom stereocenters. The Hall–Kier alpha value is -2.13. The molecule has 2 N–H and O–H groups in total. The van der Waals surface area contributed by atoms with E-state index in [-0.39, 0.29) is 5.97 Å². The van der Waals surface area contributed by atoms with Crippen molar-refractivity contribution >= 4 is 5.97 Å². The number of hydrogen-bond donors (Lipinski definition) is 1. The number of hydrogen-bond acceptors (Lipinski definition) is 3. The summed E-state index contributed by atoms with van der Waals surface area (Å²) in [5.41, 5.74) is 7.74. The highest BCUT2D eigenvalue weighted by atomic mass is 16.5. The van der Waals surface area contributed by atoms with Gasteiger partial charge in [-0.3, -0.25) is 4.79 Å². The standard InChI is InChI=1S/C16H17NO2/c17-12-14-8-6-13(7-9-14)10-11-16(18)19-15-4-2-1-3-5-15/h1-9H,10-12,17H2. The summed E-state index contributed by atoms with van der Waals surface area (Å²) in [5.74, 6) is 0.375. The summed E-state index contributed by atoms with van der Waals surface area (Å²) >= 11 is 0. The van der Waals surface area contributed by atoms with Crippen LogP contribution in [-0.2, 0) is 17.8 Å². The first-order valence-electron chi connectivity index (χ1n) is 6.31. The first-order chi connectivity index (χ1) is 9.28. The van der Waals surface area contributed by atoms with Gasteiger partial charge in [0.25, 0.3) is 0 Å². The van der Waals surface area contributed by atoms with Gasteiger partial charge < -0.3 is 10.5 Å². The van der Waals surface area contributed by atoms with Crippen molar-refractivity contribution in [1.29, 1.82) is 0 Å². The van der Waals surface area contributed by atoms with Gasteiger partial charge in [0.2, 0.25) is 0 Å². The lowest BCUT2D eigenvalue weighted by Gasteiger charge is -2.04. The molecule has 0 aliphatic carbocycles. The summed E-state index contributed by atoms with van der Waals surface area (Å²) in [5, 5.41) is 0. The number of esters is 1. The molecule has 0 saturated heterocycles. The maximum absolute atomic E-state index is 11.7. The molecule has 0 aliphatic rings. The lowest BCUT2D eigenvalue weighted by Crippen LogP contribution is -2.09. The molecule has 98 valence electrons. The molecule has 0 spiro atoms. The minimum Gasteiger partial charge on any atom is -0.427 e. The van der Waals surface area contributed by atoms with E-state index in [0.29, 0.717) is 25.1 Å². The Morgan fingerprint density at radius 2 is 1.58 bits per heavy atom. The fraction of sp³-hybridized carbons (Fsp3) is 0.188. The second-order valence-corrected chi connectivity index (χ2v) is 4.31. The third-order valence-corrected chi connectivity index (χ3v) is 2.85.